The molecule has 1 N–H and O–H groups in total. The highest BCUT2D eigenvalue weighted by molar-refractivity contribution is 7.59. The molecule has 0 spiro atoms. The molecule has 4 rings (SSSR count). The van der Waals surface area contributed by atoms with E-state index in [4.69, 9.17) is 14.5 Å². The van der Waals surface area contributed by atoms with Crippen LogP contribution in [0.2, 0.25) is 0 Å². The van der Waals surface area contributed by atoms with Gasteiger partial charge in [0.15, 0.2) is 5.78 Å². The number of fused-ring (bicyclic) bond motifs is 1. The molecule has 0 saturated carbocycles. The summed E-state index contributed by atoms with van der Waals surface area (Å²) < 4.78 is 12.7. The van der Waals surface area contributed by atoms with Gasteiger partial charge in [-0.25, -0.2) is 14.3 Å². The highest BCUT2D eigenvalue weighted by Crippen LogP contribution is 2.37. The molecule has 226 valence electrons. The smallest absolute Gasteiger partial charge is 0.408 e. The van der Waals surface area contributed by atoms with E-state index in [1.165, 1.54) is 0 Å². The van der Waals surface area contributed by atoms with Crippen molar-refractivity contribution in [2.45, 2.75) is 78.9 Å². The van der Waals surface area contributed by atoms with E-state index in [-0.39, 0.29) is 24.7 Å². The number of rotatable bonds is 9. The van der Waals surface area contributed by atoms with Gasteiger partial charge < -0.3 is 19.7 Å². The van der Waals surface area contributed by atoms with Crippen LogP contribution in [-0.2, 0) is 9.53 Å². The van der Waals surface area contributed by atoms with Gasteiger partial charge in [-0.05, 0) is 70.6 Å². The number of piperidine rings is 1. The van der Waals surface area contributed by atoms with Crippen LogP contribution in [0.4, 0.5) is 10.6 Å². The molecule has 1 aliphatic rings. The largest absolute Gasteiger partial charge is 0.492 e. The number of carbonyl (C=O) groups excluding carboxylic acids is 2. The molecule has 0 unspecified atom stereocenters. The van der Waals surface area contributed by atoms with Gasteiger partial charge in [0.25, 0.3) is 0 Å². The van der Waals surface area contributed by atoms with Gasteiger partial charge in [-0.2, -0.15) is 23.9 Å². The van der Waals surface area contributed by atoms with Crippen LogP contribution in [0.5, 0.6) is 5.75 Å². The van der Waals surface area contributed by atoms with Crippen molar-refractivity contribution in [2.75, 3.05) is 24.6 Å². The van der Waals surface area contributed by atoms with Crippen molar-refractivity contribution in [1.82, 2.24) is 19.9 Å². The summed E-state index contributed by atoms with van der Waals surface area (Å²) in [7, 11) is 0. The first-order chi connectivity index (χ1) is 19.4. The highest BCUT2D eigenvalue weighted by Gasteiger charge is 2.35. The summed E-state index contributed by atoms with van der Waals surface area (Å²) in [6, 6.07) is 7.58. The number of nitriles is 1. The quantitative estimate of drug-likeness (QED) is 0.337. The zero-order valence-electron chi connectivity index (χ0n) is 25.4. The summed E-state index contributed by atoms with van der Waals surface area (Å²) in [5.41, 5.74) is 2.14. The maximum absolute atomic E-state index is 13.1. The van der Waals surface area contributed by atoms with Crippen LogP contribution in [0.3, 0.4) is 0 Å². The minimum absolute atomic E-state index is 0. The lowest BCUT2D eigenvalue weighted by Gasteiger charge is -2.40. The van der Waals surface area contributed by atoms with Crippen LogP contribution in [0.25, 0.3) is 16.6 Å². The number of nitrogens with one attached hydrogen (secondary N) is 1. The number of aromatic nitrogens is 3. The van der Waals surface area contributed by atoms with E-state index in [2.05, 4.69) is 28.3 Å². The summed E-state index contributed by atoms with van der Waals surface area (Å²) in [4.78, 5) is 32.3. The topological polar surface area (TPSA) is 122 Å². The Balaban J connectivity index is 0.00000484. The fourth-order valence-electron chi connectivity index (χ4n) is 5.23. The summed E-state index contributed by atoms with van der Waals surface area (Å²) in [5.74, 6) is 1.57. The molecular formula is C31H42N6O4S. The second-order valence-corrected chi connectivity index (χ2v) is 11.9. The van der Waals surface area contributed by atoms with Crippen LogP contribution in [0.15, 0.2) is 36.8 Å². The number of ketones is 1. The molecule has 4 heterocycles. The lowest BCUT2D eigenvalue weighted by atomic mass is 9.75. The van der Waals surface area contributed by atoms with E-state index in [1.54, 1.807) is 37.7 Å². The molecule has 1 atom stereocenters. The Morgan fingerprint density at radius 3 is 2.48 bits per heavy atom. The Kier molecular flexibility index (Phi) is 10.5. The van der Waals surface area contributed by atoms with Gasteiger partial charge in [0.05, 0.1) is 36.1 Å². The first kappa shape index (κ1) is 32.7. The van der Waals surface area contributed by atoms with Gasteiger partial charge in [-0.15, -0.1) is 0 Å². The van der Waals surface area contributed by atoms with E-state index < -0.39 is 17.7 Å². The number of Topliss-reactive ketones (excluding diaryl/α,β-unsaturated/α-hetero) is 1. The lowest BCUT2D eigenvalue weighted by molar-refractivity contribution is -0.123. The van der Waals surface area contributed by atoms with Crippen LogP contribution in [0, 0.1) is 16.7 Å². The van der Waals surface area contributed by atoms with Crippen molar-refractivity contribution in [3.63, 3.8) is 0 Å². The van der Waals surface area contributed by atoms with Crippen LogP contribution >= 0.6 is 13.5 Å². The van der Waals surface area contributed by atoms with Crippen molar-refractivity contribution in [2.24, 2.45) is 5.41 Å². The SMILES string of the molecule is CCOc1cc(-c2ccc(N3CCC(C)(CC(=O)[C@H](CC)NC(=O)OC(C)(C)C)CC3)nc2)c2c(C#N)cnn2c1.S. The average molecular weight is 595 g/mol. The molecule has 11 heteroatoms. The molecule has 0 bridgehead atoms. The monoisotopic (exact) mass is 594 g/mol. The van der Waals surface area contributed by atoms with Crippen molar-refractivity contribution in [1.29, 1.82) is 5.26 Å². The zero-order valence-corrected chi connectivity index (χ0v) is 26.4. The number of hydrogen-bond donors (Lipinski definition) is 1. The first-order valence-corrected chi connectivity index (χ1v) is 14.2. The minimum atomic E-state index is -0.616. The Labute approximate surface area is 254 Å². The van der Waals surface area contributed by atoms with E-state index in [0.717, 1.165) is 48.4 Å². The Morgan fingerprint density at radius 2 is 1.90 bits per heavy atom. The Bertz CT molecular complexity index is 1430. The third-order valence-corrected chi connectivity index (χ3v) is 7.46. The number of nitrogens with zero attached hydrogens (tertiary/aromatic N) is 5. The van der Waals surface area contributed by atoms with Crippen molar-refractivity contribution < 1.29 is 19.1 Å². The van der Waals surface area contributed by atoms with Gasteiger partial charge in [-0.3, -0.25) is 4.79 Å². The number of carbonyl (C=O) groups is 2. The van der Waals surface area contributed by atoms with E-state index in [9.17, 15) is 14.9 Å². The maximum Gasteiger partial charge on any atom is 0.408 e. The molecular weight excluding hydrogens is 552 g/mol. The molecule has 0 radical (unpaired) electrons. The Morgan fingerprint density at radius 1 is 1.19 bits per heavy atom. The average Bonchev–Trinajstić information content (AvgIpc) is 3.34. The van der Waals surface area contributed by atoms with Crippen LogP contribution in [-0.4, -0.2) is 57.8 Å². The second kappa shape index (κ2) is 13.5. The molecule has 1 amide bonds. The van der Waals surface area contributed by atoms with Crippen LogP contribution < -0.4 is 15.0 Å². The van der Waals surface area contributed by atoms with Crippen molar-refractivity contribution in [3.05, 3.63) is 42.4 Å². The van der Waals surface area contributed by atoms with Crippen molar-refractivity contribution >= 4 is 36.7 Å². The summed E-state index contributed by atoms with van der Waals surface area (Å²) in [6.07, 6.45) is 7.19. The number of pyridine rings is 2. The van der Waals surface area contributed by atoms with Crippen LogP contribution in [0.1, 0.15) is 72.8 Å². The molecule has 0 aromatic carbocycles. The number of alkyl carbamates (subject to hydrolysis) is 1. The predicted molar refractivity (Wildman–Crippen MR) is 167 cm³/mol. The highest BCUT2D eigenvalue weighted by atomic mass is 32.1. The van der Waals surface area contributed by atoms with Crippen molar-refractivity contribution in [3.8, 4) is 22.9 Å². The molecule has 3 aromatic heterocycles. The van der Waals surface area contributed by atoms with Gasteiger partial charge >= 0.3 is 6.09 Å². The summed E-state index contributed by atoms with van der Waals surface area (Å²) in [5, 5.41) is 16.7. The standard InChI is InChI=1S/C31H40N6O4.H2S/c1-7-25(35-29(39)41-30(3,4)5)26(38)16-31(6)11-13-36(14-12-31)27-10-9-21(18-33-27)24-15-23(40-8-2)20-37-28(24)22(17-32)19-34-37;/h9-10,15,18-20,25H,7-8,11-14,16H2,1-6H3,(H,35,39);1H2/t25-;/m0./s1. The molecule has 1 aliphatic heterocycles. The number of anilines is 1. The minimum Gasteiger partial charge on any atom is -0.492 e. The van der Waals surface area contributed by atoms with E-state index in [0.29, 0.717) is 30.8 Å². The predicted octanol–water partition coefficient (Wildman–Crippen LogP) is 5.65. The molecule has 42 heavy (non-hydrogen) atoms. The number of amides is 1. The molecule has 0 aliphatic carbocycles. The molecule has 10 nitrogen and oxygen atoms in total. The first-order valence-electron chi connectivity index (χ1n) is 14.2. The second-order valence-electron chi connectivity index (χ2n) is 11.9. The fraction of sp³-hybridized carbons (Fsp3) is 0.516. The van der Waals surface area contributed by atoms with Gasteiger partial charge in [0, 0.05) is 36.8 Å². The third-order valence-electron chi connectivity index (χ3n) is 7.46. The van der Waals surface area contributed by atoms with Gasteiger partial charge in [-0.1, -0.05) is 13.8 Å². The van der Waals surface area contributed by atoms with Gasteiger partial charge in [0.1, 0.15) is 23.2 Å². The zero-order chi connectivity index (χ0) is 29.8. The lowest BCUT2D eigenvalue weighted by Crippen LogP contribution is -2.46. The normalized spacial score (nSPS) is 15.3. The van der Waals surface area contributed by atoms with Gasteiger partial charge in [0.2, 0.25) is 0 Å². The summed E-state index contributed by atoms with van der Waals surface area (Å²) >= 11 is 0. The van der Waals surface area contributed by atoms with E-state index >= 15 is 0 Å². The van der Waals surface area contributed by atoms with E-state index in [1.807, 2.05) is 38.2 Å². The third kappa shape index (κ3) is 7.73. The fourth-order valence-corrected chi connectivity index (χ4v) is 5.23. The molecule has 1 fully saturated rings. The molecule has 1 saturated heterocycles. The maximum atomic E-state index is 13.1. The number of hydrogen-bond acceptors (Lipinski definition) is 8. The summed E-state index contributed by atoms with van der Waals surface area (Å²) in [6.45, 7) is 13.4. The number of ether oxygens (including phenoxy) is 2. The molecule has 3 aromatic rings. The Hall–Kier alpha value is -3.78.